The fraction of sp³-hybridized carbons (Fsp3) is 1.00. The predicted molar refractivity (Wildman–Crippen MR) is 148 cm³/mol. The van der Waals surface area contributed by atoms with Crippen molar-refractivity contribution in [1.29, 1.82) is 0 Å². The standard InChI is InChI=1S/C22H46S4Si2/c1-19(2,3)27(7,8)21(23-15-11-16-24-21)13-14-22(25-17-12-18-26-22)28(9,10)20(4,5)6/h11-18H2,1-10H3. The summed E-state index contributed by atoms with van der Waals surface area (Å²) in [4.78, 5) is 0. The van der Waals surface area contributed by atoms with Crippen LogP contribution in [0.5, 0.6) is 0 Å². The Kier molecular flexibility index (Phi) is 8.38. The molecular weight excluding hydrogens is 449 g/mol. The van der Waals surface area contributed by atoms with Gasteiger partial charge in [0.05, 0.1) is 23.6 Å². The van der Waals surface area contributed by atoms with E-state index in [9.17, 15) is 0 Å². The van der Waals surface area contributed by atoms with Crippen molar-refractivity contribution in [3.63, 3.8) is 0 Å². The first-order chi connectivity index (χ1) is 12.6. The third kappa shape index (κ3) is 4.77. The van der Waals surface area contributed by atoms with Crippen LogP contribution in [0.25, 0.3) is 0 Å². The third-order valence-corrected chi connectivity index (χ3v) is 34.1. The monoisotopic (exact) mass is 494 g/mol. The Morgan fingerprint density at radius 3 is 1.04 bits per heavy atom. The first-order valence-electron chi connectivity index (χ1n) is 11.2. The Balaban J connectivity index is 2.38. The zero-order valence-electron chi connectivity index (χ0n) is 20.3. The quantitative estimate of drug-likeness (QED) is 0.349. The van der Waals surface area contributed by atoms with Gasteiger partial charge in [0.1, 0.15) is 0 Å². The van der Waals surface area contributed by atoms with Crippen molar-refractivity contribution >= 4 is 63.2 Å². The zero-order valence-corrected chi connectivity index (χ0v) is 25.6. The first-order valence-corrected chi connectivity index (χ1v) is 21.1. The van der Waals surface area contributed by atoms with Gasteiger partial charge < -0.3 is 0 Å². The summed E-state index contributed by atoms with van der Waals surface area (Å²) in [6.45, 7) is 26.0. The van der Waals surface area contributed by atoms with Crippen LogP contribution < -0.4 is 0 Å². The summed E-state index contributed by atoms with van der Waals surface area (Å²) in [6.07, 6.45) is 5.68. The molecule has 166 valence electrons. The summed E-state index contributed by atoms with van der Waals surface area (Å²) in [7, 11) is -2.91. The van der Waals surface area contributed by atoms with Gasteiger partial charge in [-0.15, -0.1) is 47.0 Å². The van der Waals surface area contributed by atoms with E-state index in [-0.39, 0.29) is 0 Å². The topological polar surface area (TPSA) is 0 Å². The Morgan fingerprint density at radius 1 is 0.571 bits per heavy atom. The largest absolute Gasteiger partial charge is 0.148 e. The summed E-state index contributed by atoms with van der Waals surface area (Å²) in [5, 5.41) is 0.919. The molecule has 2 aliphatic rings. The molecule has 2 fully saturated rings. The summed E-state index contributed by atoms with van der Waals surface area (Å²) in [5.41, 5.74) is 0. The minimum atomic E-state index is -1.45. The molecule has 2 saturated heterocycles. The van der Waals surface area contributed by atoms with Gasteiger partial charge in [-0.1, -0.05) is 67.7 Å². The molecular formula is C22H46S4Si2. The molecule has 0 N–H and O–H groups in total. The maximum absolute atomic E-state index is 2.71. The highest BCUT2D eigenvalue weighted by Gasteiger charge is 2.58. The SMILES string of the molecule is CC(C)(C)[Si](C)(C)C1(CCC2([Si](C)(C)C(C)(C)C)SCCCS2)SCCCS1. The average molecular weight is 495 g/mol. The smallest absolute Gasteiger partial charge is 0.0835 e. The van der Waals surface area contributed by atoms with Crippen molar-refractivity contribution in [1.82, 2.24) is 0 Å². The van der Waals surface area contributed by atoms with Crippen molar-refractivity contribution in [2.75, 3.05) is 23.0 Å². The lowest BCUT2D eigenvalue weighted by molar-refractivity contribution is 0.652. The van der Waals surface area contributed by atoms with E-state index in [1.807, 2.05) is 0 Å². The highest BCUT2D eigenvalue weighted by molar-refractivity contribution is 8.22. The molecule has 28 heavy (non-hydrogen) atoms. The van der Waals surface area contributed by atoms with Crippen LogP contribution in [0.15, 0.2) is 0 Å². The second-order valence-corrected chi connectivity index (χ2v) is 30.6. The molecule has 0 bridgehead atoms. The molecule has 0 amide bonds. The molecule has 6 heteroatoms. The summed E-state index contributed by atoms with van der Waals surface area (Å²) < 4.78 is 0.995. The van der Waals surface area contributed by atoms with Gasteiger partial charge in [0.25, 0.3) is 0 Å². The van der Waals surface area contributed by atoms with Crippen LogP contribution in [-0.4, -0.2) is 46.6 Å². The molecule has 0 aliphatic carbocycles. The molecule has 0 saturated carbocycles. The van der Waals surface area contributed by atoms with E-state index in [1.165, 1.54) is 48.7 Å². The molecule has 0 aromatic rings. The number of thioether (sulfide) groups is 4. The van der Waals surface area contributed by atoms with E-state index in [2.05, 4.69) is 115 Å². The van der Waals surface area contributed by atoms with Gasteiger partial charge in [0.2, 0.25) is 0 Å². The predicted octanol–water partition coefficient (Wildman–Crippen LogP) is 8.99. The normalized spacial score (nSPS) is 24.2. The van der Waals surface area contributed by atoms with Gasteiger partial charge in [-0.25, -0.2) is 0 Å². The zero-order chi connectivity index (χ0) is 21.5. The van der Waals surface area contributed by atoms with Crippen molar-refractivity contribution in [3.8, 4) is 0 Å². The second-order valence-electron chi connectivity index (χ2n) is 11.9. The third-order valence-electron chi connectivity index (χ3n) is 8.36. The van der Waals surface area contributed by atoms with E-state index < -0.39 is 16.1 Å². The molecule has 2 heterocycles. The Bertz CT molecular complexity index is 472. The average Bonchev–Trinajstić information content (AvgIpc) is 2.59. The van der Waals surface area contributed by atoms with Gasteiger partial charge in [-0.3, -0.25) is 0 Å². The maximum atomic E-state index is 2.71. The van der Waals surface area contributed by atoms with Gasteiger partial charge in [0, 0.05) is 0 Å². The Morgan fingerprint density at radius 2 is 0.821 bits per heavy atom. The maximum Gasteiger partial charge on any atom is 0.0835 e. The first kappa shape index (κ1) is 26.1. The highest BCUT2D eigenvalue weighted by Crippen LogP contribution is 2.63. The van der Waals surface area contributed by atoms with E-state index in [1.54, 1.807) is 0 Å². The molecule has 0 spiro atoms. The van der Waals surface area contributed by atoms with Crippen LogP contribution >= 0.6 is 47.0 Å². The lowest BCUT2D eigenvalue weighted by Crippen LogP contribution is -2.60. The summed E-state index contributed by atoms with van der Waals surface area (Å²) in [6, 6.07) is 0. The van der Waals surface area contributed by atoms with Crippen molar-refractivity contribution in [3.05, 3.63) is 0 Å². The molecule has 2 aliphatic heterocycles. The van der Waals surface area contributed by atoms with Crippen LogP contribution in [-0.2, 0) is 0 Å². The molecule has 0 nitrogen and oxygen atoms in total. The van der Waals surface area contributed by atoms with Gasteiger partial charge >= 0.3 is 0 Å². The van der Waals surface area contributed by atoms with E-state index in [0.29, 0.717) is 17.5 Å². The van der Waals surface area contributed by atoms with Crippen LogP contribution in [0.2, 0.25) is 36.3 Å². The summed E-state index contributed by atoms with van der Waals surface area (Å²) in [5.74, 6) is 5.53. The van der Waals surface area contributed by atoms with Crippen LogP contribution in [0.3, 0.4) is 0 Å². The molecule has 2 rings (SSSR count). The molecule has 0 unspecified atom stereocenters. The van der Waals surface area contributed by atoms with Crippen molar-refractivity contribution in [2.24, 2.45) is 0 Å². The number of hydrogen-bond acceptors (Lipinski definition) is 4. The van der Waals surface area contributed by atoms with E-state index >= 15 is 0 Å². The fourth-order valence-corrected chi connectivity index (χ4v) is 24.2. The Hall–Kier alpha value is 1.83. The summed E-state index contributed by atoms with van der Waals surface area (Å²) >= 11 is 9.49. The van der Waals surface area contributed by atoms with Crippen molar-refractivity contribution in [2.45, 2.75) is 111 Å². The molecule has 0 radical (unpaired) electrons. The highest BCUT2D eigenvalue weighted by atomic mass is 32.2. The minimum Gasteiger partial charge on any atom is -0.148 e. The minimum absolute atomic E-state index is 0.460. The second kappa shape index (κ2) is 8.99. The van der Waals surface area contributed by atoms with Crippen LogP contribution in [0.1, 0.15) is 67.2 Å². The van der Waals surface area contributed by atoms with Crippen LogP contribution in [0, 0.1) is 0 Å². The fourth-order valence-electron chi connectivity index (χ4n) is 4.26. The molecule has 0 aromatic heterocycles. The van der Waals surface area contributed by atoms with Gasteiger partial charge in [-0.2, -0.15) is 0 Å². The van der Waals surface area contributed by atoms with Crippen LogP contribution in [0.4, 0.5) is 0 Å². The lowest BCUT2D eigenvalue weighted by atomic mass is 10.2. The van der Waals surface area contributed by atoms with Gasteiger partial charge in [-0.05, 0) is 58.8 Å². The molecule has 0 atom stereocenters. The Labute approximate surface area is 196 Å². The van der Waals surface area contributed by atoms with E-state index in [4.69, 9.17) is 0 Å². The van der Waals surface area contributed by atoms with Crippen molar-refractivity contribution < 1.29 is 0 Å². The van der Waals surface area contributed by atoms with E-state index in [0.717, 1.165) is 0 Å². The molecule has 0 aromatic carbocycles. The lowest BCUT2D eigenvalue weighted by Gasteiger charge is -2.57. The number of rotatable bonds is 5. The van der Waals surface area contributed by atoms with Gasteiger partial charge in [0.15, 0.2) is 0 Å². The number of hydrogen-bond donors (Lipinski definition) is 0.